The molecule has 4 aliphatic heterocycles. The summed E-state index contributed by atoms with van der Waals surface area (Å²) < 4.78 is 25.4. The Morgan fingerprint density at radius 1 is 0.667 bits per heavy atom. The second kappa shape index (κ2) is 8.43. The van der Waals surface area contributed by atoms with Crippen molar-refractivity contribution in [3.8, 4) is 0 Å². The Kier molecular flexibility index (Phi) is 4.90. The van der Waals surface area contributed by atoms with Crippen LogP contribution in [0.3, 0.4) is 0 Å². The van der Waals surface area contributed by atoms with Crippen LogP contribution in [-0.4, -0.2) is 35.7 Å². The van der Waals surface area contributed by atoms with E-state index < -0.39 is 47.6 Å². The average Bonchev–Trinajstić information content (AvgIpc) is 3.60. The van der Waals surface area contributed by atoms with E-state index in [9.17, 15) is 19.2 Å². The van der Waals surface area contributed by atoms with Crippen molar-refractivity contribution in [3.05, 3.63) is 95.0 Å². The van der Waals surface area contributed by atoms with Gasteiger partial charge in [-0.05, 0) is 17.2 Å². The van der Waals surface area contributed by atoms with Gasteiger partial charge in [-0.2, -0.15) is 0 Å². The Morgan fingerprint density at radius 2 is 1.31 bits per heavy atom. The molecule has 0 aromatic heterocycles. The van der Waals surface area contributed by atoms with Crippen LogP contribution < -0.4 is 0 Å². The van der Waals surface area contributed by atoms with Gasteiger partial charge in [-0.1, -0.05) is 60.7 Å². The highest BCUT2D eigenvalue weighted by Gasteiger charge is 2.77. The van der Waals surface area contributed by atoms with Crippen LogP contribution in [0.4, 0.5) is 0 Å². The molecule has 1 spiro atoms. The van der Waals surface area contributed by atoms with E-state index in [0.29, 0.717) is 17.1 Å². The topological polar surface area (TPSA) is 105 Å². The van der Waals surface area contributed by atoms with Crippen LogP contribution in [0.15, 0.2) is 83.8 Å². The van der Waals surface area contributed by atoms with E-state index in [1.807, 2.05) is 66.7 Å². The molecular formula is C34H28O8. The van der Waals surface area contributed by atoms with E-state index >= 15 is 0 Å². The molecule has 3 saturated heterocycles. The molecule has 8 nitrogen and oxygen atoms in total. The minimum atomic E-state index is -1.26. The fraction of sp³-hybridized carbons (Fsp3) is 0.412. The Hall–Kier alpha value is -4.20. The lowest BCUT2D eigenvalue weighted by molar-refractivity contribution is -0.198. The van der Waals surface area contributed by atoms with E-state index in [2.05, 4.69) is 0 Å². The smallest absolute Gasteiger partial charge is 0.306 e. The van der Waals surface area contributed by atoms with Gasteiger partial charge in [0.05, 0.1) is 19.3 Å². The van der Waals surface area contributed by atoms with Crippen LogP contribution in [0.25, 0.3) is 0 Å². The zero-order valence-corrected chi connectivity index (χ0v) is 22.6. The summed E-state index contributed by atoms with van der Waals surface area (Å²) in [5.74, 6) is -2.11. The summed E-state index contributed by atoms with van der Waals surface area (Å²) in [4.78, 5) is 54.4. The second-order valence-corrected chi connectivity index (χ2v) is 12.6. The van der Waals surface area contributed by atoms with Crippen LogP contribution in [0.1, 0.15) is 49.0 Å². The number of allylic oxidation sites excluding steroid dienone is 2. The minimum Gasteiger partial charge on any atom is -0.489 e. The van der Waals surface area contributed by atoms with Gasteiger partial charge in [-0.15, -0.1) is 0 Å². The van der Waals surface area contributed by atoms with E-state index in [4.69, 9.17) is 18.9 Å². The summed E-state index contributed by atoms with van der Waals surface area (Å²) in [6, 6.07) is 19.3. The summed E-state index contributed by atoms with van der Waals surface area (Å²) in [5.41, 5.74) is 0.981. The number of hydrogen-bond acceptors (Lipinski definition) is 8. The van der Waals surface area contributed by atoms with Crippen molar-refractivity contribution < 1.29 is 38.1 Å². The SMILES string of the molecule is O=C1C[C@@H]2C3=C(O[C@H](c4ccccc4)CC3=O)[C@@H]3[C@@H](C4C=C5O[C@@H](c6ccccc6)CC(=O)[C@@]53[C@H]3CC(=O)O[C@H]43)[C@H]2O1. The van der Waals surface area contributed by atoms with Crippen LogP contribution in [0, 0.1) is 35.0 Å². The molecule has 212 valence electrons. The monoisotopic (exact) mass is 564 g/mol. The number of benzene rings is 2. The minimum absolute atomic E-state index is 0.0530. The van der Waals surface area contributed by atoms with Crippen molar-refractivity contribution >= 4 is 23.5 Å². The molecule has 8 aliphatic rings. The number of carbonyl (C=O) groups excluding carboxylic acids is 4. The molecule has 0 radical (unpaired) electrons. The maximum Gasteiger partial charge on any atom is 0.306 e. The molecule has 0 amide bonds. The summed E-state index contributed by atoms with van der Waals surface area (Å²) in [5, 5.41) is 0. The van der Waals surface area contributed by atoms with Crippen molar-refractivity contribution in [1.82, 2.24) is 0 Å². The third kappa shape index (κ3) is 3.02. The molecule has 0 N–H and O–H groups in total. The number of fused-ring (bicyclic) bond motifs is 2. The van der Waals surface area contributed by atoms with Gasteiger partial charge >= 0.3 is 11.9 Å². The normalized spacial score (nSPS) is 40.9. The standard InChI is InChI=1S/C34H28O8/c35-21-14-22(16-7-3-1-4-8-16)40-33-28(21)19-12-26(37)42-32(19)29-18-11-25-34(30(29)33,20-13-27(38)41-31(18)20)24(36)15-23(39-25)17-9-5-2-6-10-17/h1-11,18-20,22-23,29-32H,12-15H2/t18?,19-,20+,22+,23-,29-,30+,31-,32+,34+/m1/s1. The molecule has 10 atom stereocenters. The molecule has 4 heterocycles. The summed E-state index contributed by atoms with van der Waals surface area (Å²) in [6.07, 6.45) is 0.251. The fourth-order valence-corrected chi connectivity index (χ4v) is 9.35. The molecule has 2 aromatic rings. The molecule has 4 fully saturated rings. The molecule has 8 heteroatoms. The molecule has 2 aromatic carbocycles. The quantitative estimate of drug-likeness (QED) is 0.497. The highest BCUT2D eigenvalue weighted by atomic mass is 16.6. The van der Waals surface area contributed by atoms with Gasteiger partial charge in [-0.25, -0.2) is 0 Å². The third-order valence-electron chi connectivity index (χ3n) is 10.8. The number of esters is 2. The number of hydrogen-bond donors (Lipinski definition) is 0. The van der Waals surface area contributed by atoms with Gasteiger partial charge in [-0.3, -0.25) is 19.2 Å². The molecule has 1 saturated carbocycles. The van der Waals surface area contributed by atoms with Gasteiger partial charge < -0.3 is 18.9 Å². The molecule has 42 heavy (non-hydrogen) atoms. The summed E-state index contributed by atoms with van der Waals surface area (Å²) >= 11 is 0. The highest BCUT2D eigenvalue weighted by molar-refractivity contribution is 6.00. The lowest BCUT2D eigenvalue weighted by atomic mass is 9.41. The van der Waals surface area contributed by atoms with Crippen LogP contribution >= 0.6 is 0 Å². The first-order chi connectivity index (χ1) is 20.4. The van der Waals surface area contributed by atoms with E-state index in [1.54, 1.807) is 0 Å². The van der Waals surface area contributed by atoms with Crippen molar-refractivity contribution in [2.75, 3.05) is 0 Å². The number of rotatable bonds is 2. The number of ketones is 2. The predicted molar refractivity (Wildman–Crippen MR) is 144 cm³/mol. The maximum absolute atomic E-state index is 14.8. The Bertz CT molecular complexity index is 1630. The van der Waals surface area contributed by atoms with Gasteiger partial charge in [0.2, 0.25) is 0 Å². The Morgan fingerprint density at radius 3 is 2.02 bits per heavy atom. The Labute approximate surface area is 241 Å². The largest absolute Gasteiger partial charge is 0.489 e. The van der Waals surface area contributed by atoms with Crippen molar-refractivity contribution in [2.24, 2.45) is 35.0 Å². The summed E-state index contributed by atoms with van der Waals surface area (Å²) in [7, 11) is 0. The third-order valence-corrected chi connectivity index (χ3v) is 10.8. The molecule has 2 bridgehead atoms. The molecule has 1 unspecified atom stereocenters. The van der Waals surface area contributed by atoms with E-state index in [-0.39, 0.29) is 61.0 Å². The van der Waals surface area contributed by atoms with Crippen molar-refractivity contribution in [2.45, 2.75) is 50.1 Å². The van der Waals surface area contributed by atoms with Crippen LogP contribution in [0.2, 0.25) is 0 Å². The van der Waals surface area contributed by atoms with Crippen LogP contribution in [-0.2, 0) is 38.1 Å². The average molecular weight is 565 g/mol. The zero-order chi connectivity index (χ0) is 28.3. The number of Topliss-reactive ketones (excluding diaryl/α,β-unsaturated/α-hetero) is 2. The number of carbonyl (C=O) groups is 4. The molecule has 4 aliphatic carbocycles. The molecular weight excluding hydrogens is 536 g/mol. The highest BCUT2D eigenvalue weighted by Crippen LogP contribution is 2.71. The zero-order valence-electron chi connectivity index (χ0n) is 22.6. The first-order valence-corrected chi connectivity index (χ1v) is 14.8. The van der Waals surface area contributed by atoms with Gasteiger partial charge in [0.15, 0.2) is 11.6 Å². The Balaban J connectivity index is 1.25. The van der Waals surface area contributed by atoms with Crippen molar-refractivity contribution in [1.29, 1.82) is 0 Å². The van der Waals surface area contributed by atoms with E-state index in [1.165, 1.54) is 0 Å². The first kappa shape index (κ1) is 24.4. The van der Waals surface area contributed by atoms with Crippen LogP contribution in [0.5, 0.6) is 0 Å². The second-order valence-electron chi connectivity index (χ2n) is 12.6. The maximum atomic E-state index is 14.8. The van der Waals surface area contributed by atoms with Gasteiger partial charge in [0, 0.05) is 41.6 Å². The summed E-state index contributed by atoms with van der Waals surface area (Å²) in [6.45, 7) is 0. The van der Waals surface area contributed by atoms with Gasteiger partial charge in [0.1, 0.15) is 41.3 Å². The molecule has 10 rings (SSSR count). The lowest BCUT2D eigenvalue weighted by Gasteiger charge is -2.63. The fourth-order valence-electron chi connectivity index (χ4n) is 9.35. The van der Waals surface area contributed by atoms with Gasteiger partial charge in [0.25, 0.3) is 0 Å². The first-order valence-electron chi connectivity index (χ1n) is 14.8. The van der Waals surface area contributed by atoms with E-state index in [0.717, 1.165) is 11.1 Å². The lowest BCUT2D eigenvalue weighted by Crippen LogP contribution is -2.68. The van der Waals surface area contributed by atoms with Crippen molar-refractivity contribution in [3.63, 3.8) is 0 Å². The predicted octanol–water partition coefficient (Wildman–Crippen LogP) is 4.33. The number of ether oxygens (including phenoxy) is 4.